The zero-order chi connectivity index (χ0) is 13.1. The standard InChI is InChI=1S/C16H22FN/c1-11-7-12(2)9-14(8-11)10-18-16-6-4-5-15(17)13(16)3/h4-7,11,14,18H,8-10H2,1-3H3. The molecule has 1 nitrogen and oxygen atoms in total. The lowest BCUT2D eigenvalue weighted by Crippen LogP contribution is -2.20. The monoisotopic (exact) mass is 247 g/mol. The van der Waals surface area contributed by atoms with E-state index in [1.165, 1.54) is 18.1 Å². The average molecular weight is 247 g/mol. The number of halogens is 1. The van der Waals surface area contributed by atoms with E-state index in [-0.39, 0.29) is 5.82 Å². The number of hydrogen-bond donors (Lipinski definition) is 1. The maximum absolute atomic E-state index is 13.4. The Morgan fingerprint density at radius 3 is 2.83 bits per heavy atom. The first kappa shape index (κ1) is 13.1. The summed E-state index contributed by atoms with van der Waals surface area (Å²) in [6.07, 6.45) is 4.74. The molecular weight excluding hydrogens is 225 g/mol. The Morgan fingerprint density at radius 2 is 2.11 bits per heavy atom. The molecule has 2 rings (SSSR count). The fraction of sp³-hybridized carbons (Fsp3) is 0.500. The van der Waals surface area contributed by atoms with E-state index in [1.54, 1.807) is 6.07 Å². The molecule has 1 aliphatic carbocycles. The van der Waals surface area contributed by atoms with Gasteiger partial charge in [0.2, 0.25) is 0 Å². The second-order valence-electron chi connectivity index (χ2n) is 5.59. The van der Waals surface area contributed by atoms with Crippen molar-refractivity contribution in [1.82, 2.24) is 0 Å². The molecule has 2 heteroatoms. The van der Waals surface area contributed by atoms with Crippen LogP contribution in [0.4, 0.5) is 10.1 Å². The van der Waals surface area contributed by atoms with Crippen molar-refractivity contribution < 1.29 is 4.39 Å². The summed E-state index contributed by atoms with van der Waals surface area (Å²) >= 11 is 0. The Bertz CT molecular complexity index is 450. The van der Waals surface area contributed by atoms with Crippen LogP contribution >= 0.6 is 0 Å². The summed E-state index contributed by atoms with van der Waals surface area (Å²) < 4.78 is 13.4. The molecule has 1 aromatic rings. The molecule has 0 amide bonds. The van der Waals surface area contributed by atoms with Crippen LogP contribution in [-0.2, 0) is 0 Å². The first-order chi connectivity index (χ1) is 8.56. The molecule has 0 saturated heterocycles. The van der Waals surface area contributed by atoms with Crippen LogP contribution < -0.4 is 5.32 Å². The van der Waals surface area contributed by atoms with Crippen molar-refractivity contribution in [2.75, 3.05) is 11.9 Å². The van der Waals surface area contributed by atoms with Crippen molar-refractivity contribution in [3.63, 3.8) is 0 Å². The van der Waals surface area contributed by atoms with Crippen molar-refractivity contribution in [3.8, 4) is 0 Å². The van der Waals surface area contributed by atoms with Gasteiger partial charge >= 0.3 is 0 Å². The Kier molecular flexibility index (Phi) is 4.05. The molecule has 1 aromatic carbocycles. The lowest BCUT2D eigenvalue weighted by atomic mass is 9.83. The summed E-state index contributed by atoms with van der Waals surface area (Å²) in [5.74, 6) is 1.19. The van der Waals surface area contributed by atoms with Gasteiger partial charge in [0.05, 0.1) is 0 Å². The molecule has 0 spiro atoms. The van der Waals surface area contributed by atoms with Gasteiger partial charge in [-0.3, -0.25) is 0 Å². The highest BCUT2D eigenvalue weighted by Gasteiger charge is 2.18. The summed E-state index contributed by atoms with van der Waals surface area (Å²) in [5, 5.41) is 3.40. The molecular formula is C16H22FN. The fourth-order valence-electron chi connectivity index (χ4n) is 2.90. The number of rotatable bonds is 3. The van der Waals surface area contributed by atoms with E-state index in [2.05, 4.69) is 25.2 Å². The summed E-state index contributed by atoms with van der Waals surface area (Å²) in [5.41, 5.74) is 3.12. The van der Waals surface area contributed by atoms with Gasteiger partial charge in [-0.2, -0.15) is 0 Å². The Balaban J connectivity index is 1.96. The first-order valence-corrected chi connectivity index (χ1v) is 6.72. The Morgan fingerprint density at radius 1 is 1.33 bits per heavy atom. The van der Waals surface area contributed by atoms with Gasteiger partial charge < -0.3 is 5.32 Å². The van der Waals surface area contributed by atoms with Crippen LogP contribution in [-0.4, -0.2) is 6.54 Å². The zero-order valence-corrected chi connectivity index (χ0v) is 11.5. The molecule has 18 heavy (non-hydrogen) atoms. The van der Waals surface area contributed by atoms with E-state index in [0.29, 0.717) is 17.4 Å². The van der Waals surface area contributed by atoms with E-state index >= 15 is 0 Å². The molecule has 0 heterocycles. The largest absolute Gasteiger partial charge is 0.384 e. The number of anilines is 1. The minimum Gasteiger partial charge on any atom is -0.384 e. The fourth-order valence-corrected chi connectivity index (χ4v) is 2.90. The highest BCUT2D eigenvalue weighted by Crippen LogP contribution is 2.28. The minimum atomic E-state index is -0.131. The SMILES string of the molecule is CC1=CC(C)CC(CNc2cccc(F)c2C)C1. The molecule has 2 atom stereocenters. The average Bonchev–Trinajstić information content (AvgIpc) is 2.30. The molecule has 0 radical (unpaired) electrons. The summed E-state index contributed by atoms with van der Waals surface area (Å²) in [6.45, 7) is 7.23. The first-order valence-electron chi connectivity index (χ1n) is 6.72. The van der Waals surface area contributed by atoms with Gasteiger partial charge in [-0.25, -0.2) is 4.39 Å². The van der Waals surface area contributed by atoms with Crippen molar-refractivity contribution in [1.29, 1.82) is 0 Å². The van der Waals surface area contributed by atoms with Gasteiger partial charge in [0.1, 0.15) is 5.82 Å². The Hall–Kier alpha value is -1.31. The second-order valence-corrected chi connectivity index (χ2v) is 5.59. The zero-order valence-electron chi connectivity index (χ0n) is 11.5. The van der Waals surface area contributed by atoms with Gasteiger partial charge in [-0.1, -0.05) is 24.6 Å². The van der Waals surface area contributed by atoms with Crippen LogP contribution in [0.1, 0.15) is 32.3 Å². The van der Waals surface area contributed by atoms with E-state index < -0.39 is 0 Å². The quantitative estimate of drug-likeness (QED) is 0.773. The molecule has 0 bridgehead atoms. The Labute approximate surface area is 109 Å². The summed E-state index contributed by atoms with van der Waals surface area (Å²) in [7, 11) is 0. The van der Waals surface area contributed by atoms with Gasteiger partial charge in [0.25, 0.3) is 0 Å². The highest BCUT2D eigenvalue weighted by molar-refractivity contribution is 5.50. The van der Waals surface area contributed by atoms with Crippen molar-refractivity contribution in [2.45, 2.75) is 33.6 Å². The van der Waals surface area contributed by atoms with E-state index in [9.17, 15) is 4.39 Å². The smallest absolute Gasteiger partial charge is 0.128 e. The molecule has 0 fully saturated rings. The normalized spacial score (nSPS) is 23.7. The maximum Gasteiger partial charge on any atom is 0.128 e. The van der Waals surface area contributed by atoms with Crippen molar-refractivity contribution >= 4 is 5.69 Å². The molecule has 1 N–H and O–H groups in total. The van der Waals surface area contributed by atoms with E-state index in [1.807, 2.05) is 13.0 Å². The van der Waals surface area contributed by atoms with Gasteiger partial charge in [-0.05, 0) is 50.7 Å². The van der Waals surface area contributed by atoms with Crippen LogP contribution in [0.25, 0.3) is 0 Å². The lowest BCUT2D eigenvalue weighted by Gasteiger charge is -2.26. The summed E-state index contributed by atoms with van der Waals surface area (Å²) in [6, 6.07) is 5.22. The predicted octanol–water partition coefficient (Wildman–Crippen LogP) is 4.54. The highest BCUT2D eigenvalue weighted by atomic mass is 19.1. The third kappa shape index (κ3) is 3.12. The topological polar surface area (TPSA) is 12.0 Å². The molecule has 0 saturated carbocycles. The van der Waals surface area contributed by atoms with E-state index in [4.69, 9.17) is 0 Å². The molecule has 2 unspecified atom stereocenters. The summed E-state index contributed by atoms with van der Waals surface area (Å²) in [4.78, 5) is 0. The van der Waals surface area contributed by atoms with Gasteiger partial charge in [0.15, 0.2) is 0 Å². The van der Waals surface area contributed by atoms with Crippen LogP contribution in [0.2, 0.25) is 0 Å². The lowest BCUT2D eigenvalue weighted by molar-refractivity contribution is 0.421. The second kappa shape index (κ2) is 5.55. The molecule has 0 aromatic heterocycles. The van der Waals surface area contributed by atoms with Crippen LogP contribution in [0.15, 0.2) is 29.8 Å². The third-order valence-corrected chi connectivity index (χ3v) is 3.73. The maximum atomic E-state index is 13.4. The number of benzene rings is 1. The number of allylic oxidation sites excluding steroid dienone is 2. The van der Waals surface area contributed by atoms with Crippen LogP contribution in [0.5, 0.6) is 0 Å². The van der Waals surface area contributed by atoms with Crippen molar-refractivity contribution in [2.24, 2.45) is 11.8 Å². The molecule has 1 aliphatic rings. The third-order valence-electron chi connectivity index (χ3n) is 3.73. The van der Waals surface area contributed by atoms with Crippen LogP contribution in [0, 0.1) is 24.6 Å². The van der Waals surface area contributed by atoms with Gasteiger partial charge in [-0.15, -0.1) is 0 Å². The number of nitrogens with one attached hydrogen (secondary N) is 1. The molecule has 0 aliphatic heterocycles. The van der Waals surface area contributed by atoms with Crippen LogP contribution in [0.3, 0.4) is 0 Å². The van der Waals surface area contributed by atoms with Gasteiger partial charge in [0, 0.05) is 17.8 Å². The minimum absolute atomic E-state index is 0.131. The van der Waals surface area contributed by atoms with Crippen molar-refractivity contribution in [3.05, 3.63) is 41.2 Å². The number of hydrogen-bond acceptors (Lipinski definition) is 1. The predicted molar refractivity (Wildman–Crippen MR) is 75.3 cm³/mol. The molecule has 98 valence electrons. The van der Waals surface area contributed by atoms with E-state index in [0.717, 1.165) is 18.7 Å².